The number of unbranched alkanes of at least 4 members (excludes halogenated alkanes) is 5. The van der Waals surface area contributed by atoms with Gasteiger partial charge in [0.15, 0.2) is 12.3 Å². The molecule has 3 saturated heterocycles. The molecule has 414 valence electrons. The molecular formula is C50H78N8O16. The summed E-state index contributed by atoms with van der Waals surface area (Å²) < 4.78 is 0. The molecule has 16 atom stereocenters. The third-order valence-electron chi connectivity index (χ3n) is 14.2. The highest BCUT2D eigenvalue weighted by Crippen LogP contribution is 2.26. The van der Waals surface area contributed by atoms with Crippen molar-refractivity contribution in [3.8, 4) is 5.75 Å². The van der Waals surface area contributed by atoms with Gasteiger partial charge in [0.1, 0.15) is 60.3 Å². The number of carbonyl (C=O) groups is 7. The Kier molecular flexibility index (Phi) is 23.9. The average Bonchev–Trinajstić information content (AvgIpc) is 3.95. The quantitative estimate of drug-likeness (QED) is 0.0512. The van der Waals surface area contributed by atoms with Crippen LogP contribution in [0.4, 0.5) is 0 Å². The lowest BCUT2D eigenvalue weighted by molar-refractivity contribution is -0.148. The number of aromatic hydroxyl groups is 1. The summed E-state index contributed by atoms with van der Waals surface area (Å²) >= 11 is 0. The summed E-state index contributed by atoms with van der Waals surface area (Å²) in [6.07, 6.45) is -8.69. The molecule has 1 aromatic carbocycles. The summed E-state index contributed by atoms with van der Waals surface area (Å²) in [6.45, 7) is 13.4. The van der Waals surface area contributed by atoms with Gasteiger partial charge in [-0.1, -0.05) is 77.8 Å². The van der Waals surface area contributed by atoms with E-state index in [1.54, 1.807) is 0 Å². The van der Waals surface area contributed by atoms with Crippen molar-refractivity contribution in [2.45, 2.75) is 196 Å². The van der Waals surface area contributed by atoms with Crippen LogP contribution in [0, 0.1) is 18.4 Å². The molecule has 24 heteroatoms. The Morgan fingerprint density at radius 3 is 1.99 bits per heavy atom. The molecule has 74 heavy (non-hydrogen) atoms. The van der Waals surface area contributed by atoms with E-state index < -0.39 is 159 Å². The Balaban J connectivity index is 1.68. The number of aliphatic hydroxyl groups excluding tert-OH is 8. The van der Waals surface area contributed by atoms with Crippen molar-refractivity contribution < 1.29 is 79.5 Å². The first-order valence-corrected chi connectivity index (χ1v) is 25.7. The van der Waals surface area contributed by atoms with Crippen molar-refractivity contribution in [1.82, 2.24) is 36.4 Å². The minimum atomic E-state index is -2.32. The highest BCUT2D eigenvalue weighted by atomic mass is 16.3. The van der Waals surface area contributed by atoms with Gasteiger partial charge in [-0.2, -0.15) is 0 Å². The normalized spacial score (nSPS) is 29.2. The Morgan fingerprint density at radius 1 is 0.743 bits per heavy atom. The number of carbonyl (C=O) groups excluding carboxylic acids is 7. The summed E-state index contributed by atoms with van der Waals surface area (Å²) in [5.74, 6) is -7.16. The molecule has 0 spiro atoms. The SMILES string of the molecule is [C-]#[N+]C[C@@H](O)[C@@H]1NC(=O)[C@H]([C@H](O)[C@@H](O)c2ccc(O)cc2)NC(=O)[C@@H]2C[C@@H](O)CN2C(=O)[C@H]([C@@H](C)O)NC(=O)C(NC(=O)CCCCCCCC[C@@H](C)C[C@@H](C)CC)C[C@@H](O)[C@@H](O)NC(=O)[C@@H]2[C@@H](O)CCN2C1=O. The molecule has 24 nitrogen and oxygen atoms in total. The van der Waals surface area contributed by atoms with Gasteiger partial charge in [-0.05, 0) is 55.7 Å². The summed E-state index contributed by atoms with van der Waals surface area (Å²) in [6, 6.07) is -7.06. The van der Waals surface area contributed by atoms with E-state index in [9.17, 15) is 79.5 Å². The Bertz CT molecular complexity index is 2090. The molecule has 14 N–H and O–H groups in total. The van der Waals surface area contributed by atoms with Crippen LogP contribution in [0.2, 0.25) is 0 Å². The van der Waals surface area contributed by atoms with Gasteiger partial charge in [-0.15, -0.1) is 0 Å². The van der Waals surface area contributed by atoms with Crippen LogP contribution in [0.3, 0.4) is 0 Å². The van der Waals surface area contributed by atoms with E-state index in [2.05, 4.69) is 52.2 Å². The van der Waals surface area contributed by atoms with Crippen LogP contribution < -0.4 is 26.6 Å². The van der Waals surface area contributed by atoms with Crippen LogP contribution in [0.15, 0.2) is 24.3 Å². The number of benzene rings is 1. The smallest absolute Gasteiger partial charge is 0.248 e. The fourth-order valence-electron chi connectivity index (χ4n) is 9.67. The maximum atomic E-state index is 14.3. The van der Waals surface area contributed by atoms with Crippen molar-refractivity contribution in [1.29, 1.82) is 0 Å². The second-order valence-electron chi connectivity index (χ2n) is 20.3. The van der Waals surface area contributed by atoms with Gasteiger partial charge in [-0.25, -0.2) is 6.57 Å². The van der Waals surface area contributed by atoms with E-state index >= 15 is 0 Å². The molecule has 4 rings (SSSR count). The topological polar surface area (TPSA) is 373 Å². The van der Waals surface area contributed by atoms with E-state index in [1.165, 1.54) is 18.6 Å². The van der Waals surface area contributed by atoms with Gasteiger partial charge in [0.2, 0.25) is 47.9 Å². The predicted molar refractivity (Wildman–Crippen MR) is 263 cm³/mol. The number of fused-ring (bicyclic) bond motifs is 2. The van der Waals surface area contributed by atoms with Crippen molar-refractivity contribution in [2.75, 3.05) is 19.6 Å². The van der Waals surface area contributed by atoms with Gasteiger partial charge < -0.3 is 87.2 Å². The Labute approximate surface area is 431 Å². The Hall–Kier alpha value is -5.52. The van der Waals surface area contributed by atoms with Gasteiger partial charge in [0, 0.05) is 32.4 Å². The summed E-state index contributed by atoms with van der Waals surface area (Å²) in [4.78, 5) is 103. The maximum absolute atomic E-state index is 14.3. The molecule has 3 fully saturated rings. The number of nitrogens with one attached hydrogen (secondary N) is 5. The monoisotopic (exact) mass is 1050 g/mol. The van der Waals surface area contributed by atoms with Gasteiger partial charge in [-0.3, -0.25) is 33.6 Å². The lowest BCUT2D eigenvalue weighted by atomic mass is 9.91. The highest BCUT2D eigenvalue weighted by molar-refractivity contribution is 5.98. The lowest BCUT2D eigenvalue weighted by Crippen LogP contribution is -2.64. The van der Waals surface area contributed by atoms with Gasteiger partial charge in [0.25, 0.3) is 0 Å². The van der Waals surface area contributed by atoms with E-state index in [-0.39, 0.29) is 24.2 Å². The van der Waals surface area contributed by atoms with Crippen LogP contribution in [-0.4, -0.2) is 196 Å². The molecule has 0 bridgehead atoms. The van der Waals surface area contributed by atoms with Crippen LogP contribution in [-0.2, 0) is 33.6 Å². The third-order valence-corrected chi connectivity index (χ3v) is 14.2. The molecule has 3 aliphatic heterocycles. The van der Waals surface area contributed by atoms with Crippen LogP contribution in [0.5, 0.6) is 5.75 Å². The second kappa shape index (κ2) is 29.0. The molecule has 0 saturated carbocycles. The molecule has 1 unspecified atom stereocenters. The first-order chi connectivity index (χ1) is 35.0. The van der Waals surface area contributed by atoms with E-state index in [0.29, 0.717) is 24.7 Å². The number of rotatable bonds is 19. The Morgan fingerprint density at radius 2 is 1.35 bits per heavy atom. The lowest BCUT2D eigenvalue weighted by Gasteiger charge is -2.34. The summed E-state index contributed by atoms with van der Waals surface area (Å²) in [5, 5.41) is 110. The van der Waals surface area contributed by atoms with Crippen molar-refractivity contribution in [3.63, 3.8) is 0 Å². The minimum absolute atomic E-state index is 0.0691. The first-order valence-electron chi connectivity index (χ1n) is 25.7. The minimum Gasteiger partial charge on any atom is -0.508 e. The van der Waals surface area contributed by atoms with Gasteiger partial charge >= 0.3 is 0 Å². The standard InChI is InChI=1S/C50H78N8O16/c1-6-26(2)21-27(3)13-11-9-7-8-10-12-14-37(65)52-32-23-35(63)46(70)56-48(72)41-34(62)19-20-57(41)50(74)39(36(64)24-51-5)54-47(71)40(43(67)42(66)29-15-17-30(60)18-16-29)55-45(69)33-22-31(61)25-58(33)49(73)38(28(4)59)53-44(32)68/h15-18,26-28,31-36,38-43,46,59-64,66-67,70H,6-14,19-25H2,1-4H3,(H,52,65)(H,53,68)(H,54,71)(H,55,69)(H,56,72)/t26-,27+,28+,31+,32?,33-,34-,35+,36+,38-,39-,40-,41-,42-,43-,46+/m0/s1. The number of phenols is 1. The summed E-state index contributed by atoms with van der Waals surface area (Å²) in [5.41, 5.74) is -0.0933. The molecule has 0 aromatic heterocycles. The fourth-order valence-corrected chi connectivity index (χ4v) is 9.67. The molecule has 0 radical (unpaired) electrons. The van der Waals surface area contributed by atoms with Crippen molar-refractivity contribution >= 4 is 41.4 Å². The van der Waals surface area contributed by atoms with Crippen LogP contribution >= 0.6 is 0 Å². The van der Waals surface area contributed by atoms with Crippen molar-refractivity contribution in [2.24, 2.45) is 11.8 Å². The largest absolute Gasteiger partial charge is 0.508 e. The second-order valence-corrected chi connectivity index (χ2v) is 20.3. The molecule has 7 amide bonds. The van der Waals surface area contributed by atoms with Crippen LogP contribution in [0.25, 0.3) is 4.85 Å². The first kappa shape index (κ1) is 61.0. The molecule has 3 aliphatic rings. The van der Waals surface area contributed by atoms with Gasteiger partial charge in [0.05, 0.1) is 18.3 Å². The van der Waals surface area contributed by atoms with E-state index in [0.717, 1.165) is 67.4 Å². The molecule has 1 aromatic rings. The molecule has 0 aliphatic carbocycles. The predicted octanol–water partition coefficient (Wildman–Crippen LogP) is -2.30. The average molecular weight is 1050 g/mol. The number of nitrogens with zero attached hydrogens (tertiary/aromatic N) is 3. The summed E-state index contributed by atoms with van der Waals surface area (Å²) in [7, 11) is 0. The number of aliphatic hydroxyl groups is 8. The number of hydrogen-bond donors (Lipinski definition) is 14. The number of amides is 7. The molecular weight excluding hydrogens is 969 g/mol. The number of hydrogen-bond acceptors (Lipinski definition) is 16. The zero-order valence-corrected chi connectivity index (χ0v) is 42.6. The third kappa shape index (κ3) is 17.0. The van der Waals surface area contributed by atoms with E-state index in [4.69, 9.17) is 6.57 Å². The van der Waals surface area contributed by atoms with E-state index in [1.807, 2.05) is 0 Å². The highest BCUT2D eigenvalue weighted by Gasteiger charge is 2.49. The zero-order valence-electron chi connectivity index (χ0n) is 42.6. The zero-order chi connectivity index (χ0) is 55.0. The fraction of sp³-hybridized carbons (Fsp3) is 0.720. The molecule has 3 heterocycles. The number of phenolic OH excluding ortho intramolecular Hbond substituents is 1. The van der Waals surface area contributed by atoms with Crippen LogP contribution in [0.1, 0.15) is 123 Å². The maximum Gasteiger partial charge on any atom is 0.248 e. The van der Waals surface area contributed by atoms with Crippen molar-refractivity contribution in [3.05, 3.63) is 41.2 Å².